The molecule has 0 aromatic heterocycles. The van der Waals surface area contributed by atoms with E-state index in [2.05, 4.69) is 0 Å². The van der Waals surface area contributed by atoms with Gasteiger partial charge in [-0.1, -0.05) is 32.1 Å². The third-order valence-electron chi connectivity index (χ3n) is 4.01. The van der Waals surface area contributed by atoms with Crippen molar-refractivity contribution >= 4 is 0 Å². The molecule has 0 radical (unpaired) electrons. The minimum absolute atomic E-state index is 0.168. The molecule has 0 heterocycles. The van der Waals surface area contributed by atoms with E-state index in [-0.39, 0.29) is 12.3 Å². The molecule has 2 fully saturated rings. The molecule has 0 saturated heterocycles. The Bertz CT molecular complexity index is 175. The van der Waals surface area contributed by atoms with Gasteiger partial charge in [0.15, 0.2) is 0 Å². The average Bonchev–Trinajstić information content (AvgIpc) is 2.19. The molecule has 2 aliphatic rings. The van der Waals surface area contributed by atoms with Gasteiger partial charge in [0, 0.05) is 6.42 Å². The summed E-state index contributed by atoms with van der Waals surface area (Å²) in [5.74, 6) is 0.744. The van der Waals surface area contributed by atoms with E-state index in [4.69, 9.17) is 0 Å². The molecule has 2 saturated carbocycles. The van der Waals surface area contributed by atoms with Gasteiger partial charge in [-0.15, -0.1) is 0 Å². The molecule has 0 amide bonds. The second-order valence-electron chi connectivity index (χ2n) is 4.99. The van der Waals surface area contributed by atoms with Crippen LogP contribution < -0.4 is 0 Å². The molecule has 0 spiro atoms. The third kappa shape index (κ3) is 2.26. The molecule has 0 bridgehead atoms. The van der Waals surface area contributed by atoms with Crippen molar-refractivity contribution in [3.8, 4) is 0 Å². The fraction of sp³-hybridized carbons (Fsp3) is 1.00. The van der Waals surface area contributed by atoms with E-state index >= 15 is 0 Å². The Hall–Kier alpha value is -0.140. The number of hydrogen-bond acceptors (Lipinski definition) is 0. The summed E-state index contributed by atoms with van der Waals surface area (Å²) < 4.78 is 26.6. The van der Waals surface area contributed by atoms with Crippen LogP contribution in [0.5, 0.6) is 0 Å². The Labute approximate surface area is 85.1 Å². The highest BCUT2D eigenvalue weighted by molar-refractivity contribution is 4.85. The van der Waals surface area contributed by atoms with Crippen molar-refractivity contribution in [1.29, 1.82) is 0 Å². The molecule has 0 aromatic rings. The van der Waals surface area contributed by atoms with Crippen molar-refractivity contribution in [2.24, 2.45) is 11.8 Å². The van der Waals surface area contributed by atoms with Crippen LogP contribution in [0.2, 0.25) is 0 Å². The van der Waals surface area contributed by atoms with Crippen molar-refractivity contribution in [3.05, 3.63) is 0 Å². The topological polar surface area (TPSA) is 0 Å². The van der Waals surface area contributed by atoms with Crippen molar-refractivity contribution in [1.82, 2.24) is 0 Å². The summed E-state index contributed by atoms with van der Waals surface area (Å²) in [6.45, 7) is 0. The molecule has 0 aromatic carbocycles. The normalized spacial score (nSPS) is 41.1. The standard InChI is InChI=1S/C12H20F2/c13-10-6-7-11(12(14)8-10)9-4-2-1-3-5-9/h9-12H,1-8H2. The quantitative estimate of drug-likeness (QED) is 0.602. The van der Waals surface area contributed by atoms with Gasteiger partial charge < -0.3 is 0 Å². The van der Waals surface area contributed by atoms with Crippen molar-refractivity contribution in [2.75, 3.05) is 0 Å². The maximum atomic E-state index is 13.6. The van der Waals surface area contributed by atoms with E-state index in [0.717, 1.165) is 6.42 Å². The molecule has 0 N–H and O–H groups in total. The van der Waals surface area contributed by atoms with Crippen LogP contribution in [0.4, 0.5) is 8.78 Å². The van der Waals surface area contributed by atoms with Gasteiger partial charge in [0.05, 0.1) is 0 Å². The monoisotopic (exact) mass is 202 g/mol. The molecule has 82 valence electrons. The van der Waals surface area contributed by atoms with E-state index in [9.17, 15) is 8.78 Å². The van der Waals surface area contributed by atoms with E-state index in [1.807, 2.05) is 0 Å². The van der Waals surface area contributed by atoms with Gasteiger partial charge in [-0.05, 0) is 24.7 Å². The molecule has 2 heteroatoms. The first-order valence-corrected chi connectivity index (χ1v) is 6.05. The second-order valence-corrected chi connectivity index (χ2v) is 4.99. The summed E-state index contributed by atoms with van der Waals surface area (Å²) >= 11 is 0. The number of alkyl halides is 2. The Kier molecular flexibility index (Phi) is 3.40. The van der Waals surface area contributed by atoms with E-state index in [1.165, 1.54) is 32.1 Å². The maximum Gasteiger partial charge on any atom is 0.106 e. The molecular weight excluding hydrogens is 182 g/mol. The van der Waals surface area contributed by atoms with Crippen molar-refractivity contribution in [2.45, 2.75) is 63.7 Å². The lowest BCUT2D eigenvalue weighted by molar-refractivity contribution is 0.0534. The van der Waals surface area contributed by atoms with Crippen molar-refractivity contribution in [3.63, 3.8) is 0 Å². The van der Waals surface area contributed by atoms with Gasteiger partial charge in [-0.2, -0.15) is 0 Å². The minimum atomic E-state index is -0.871. The lowest BCUT2D eigenvalue weighted by Crippen LogP contribution is -2.33. The molecule has 3 atom stereocenters. The largest absolute Gasteiger partial charge is 0.247 e. The number of rotatable bonds is 1. The van der Waals surface area contributed by atoms with E-state index in [1.54, 1.807) is 0 Å². The summed E-state index contributed by atoms with van der Waals surface area (Å²) in [4.78, 5) is 0. The van der Waals surface area contributed by atoms with Crippen molar-refractivity contribution < 1.29 is 8.78 Å². The summed E-state index contributed by atoms with van der Waals surface area (Å²) in [7, 11) is 0. The predicted molar refractivity (Wildman–Crippen MR) is 53.7 cm³/mol. The van der Waals surface area contributed by atoms with Gasteiger partial charge in [0.25, 0.3) is 0 Å². The Morgan fingerprint density at radius 3 is 2.14 bits per heavy atom. The van der Waals surface area contributed by atoms with Crippen LogP contribution >= 0.6 is 0 Å². The predicted octanol–water partition coefficient (Wildman–Crippen LogP) is 4.04. The summed E-state index contributed by atoms with van der Waals surface area (Å²) in [5.41, 5.74) is 0. The van der Waals surface area contributed by atoms with Gasteiger partial charge in [-0.25, -0.2) is 8.78 Å². The smallest absolute Gasteiger partial charge is 0.106 e. The van der Waals surface area contributed by atoms with Gasteiger partial charge in [0.2, 0.25) is 0 Å². The highest BCUT2D eigenvalue weighted by Gasteiger charge is 2.35. The zero-order valence-corrected chi connectivity index (χ0v) is 8.72. The number of halogens is 2. The Balaban J connectivity index is 1.89. The van der Waals surface area contributed by atoms with E-state index in [0.29, 0.717) is 12.3 Å². The maximum absolute atomic E-state index is 13.6. The third-order valence-corrected chi connectivity index (χ3v) is 4.01. The van der Waals surface area contributed by atoms with Crippen LogP contribution in [0.25, 0.3) is 0 Å². The van der Waals surface area contributed by atoms with Crippen LogP contribution in [0.1, 0.15) is 51.4 Å². The lowest BCUT2D eigenvalue weighted by Gasteiger charge is -2.36. The first-order chi connectivity index (χ1) is 6.77. The molecule has 2 aliphatic carbocycles. The molecular formula is C12H20F2. The summed E-state index contributed by atoms with van der Waals surface area (Å²) in [6.07, 6.45) is 6.01. The van der Waals surface area contributed by atoms with Crippen LogP contribution in [0, 0.1) is 11.8 Å². The highest BCUT2D eigenvalue weighted by atomic mass is 19.1. The average molecular weight is 202 g/mol. The van der Waals surface area contributed by atoms with Crippen LogP contribution in [0.3, 0.4) is 0 Å². The first-order valence-electron chi connectivity index (χ1n) is 6.05. The highest BCUT2D eigenvalue weighted by Crippen LogP contribution is 2.40. The van der Waals surface area contributed by atoms with Crippen LogP contribution in [-0.4, -0.2) is 12.3 Å². The Morgan fingerprint density at radius 2 is 1.50 bits per heavy atom. The van der Waals surface area contributed by atoms with Gasteiger partial charge >= 0.3 is 0 Å². The zero-order chi connectivity index (χ0) is 9.97. The lowest BCUT2D eigenvalue weighted by atomic mass is 9.72. The SMILES string of the molecule is FC1CCC(C2CCCCC2)C(F)C1. The molecule has 0 nitrogen and oxygen atoms in total. The number of hydrogen-bond donors (Lipinski definition) is 0. The van der Waals surface area contributed by atoms with Gasteiger partial charge in [-0.3, -0.25) is 0 Å². The molecule has 3 unspecified atom stereocenters. The molecule has 0 aliphatic heterocycles. The van der Waals surface area contributed by atoms with Gasteiger partial charge in [0.1, 0.15) is 12.3 Å². The van der Waals surface area contributed by atoms with Crippen LogP contribution in [-0.2, 0) is 0 Å². The van der Waals surface area contributed by atoms with Crippen LogP contribution in [0.15, 0.2) is 0 Å². The molecule has 14 heavy (non-hydrogen) atoms. The molecule has 2 rings (SSSR count). The minimum Gasteiger partial charge on any atom is -0.247 e. The summed E-state index contributed by atoms with van der Waals surface area (Å²) in [5, 5.41) is 0. The summed E-state index contributed by atoms with van der Waals surface area (Å²) in [6, 6.07) is 0. The Morgan fingerprint density at radius 1 is 0.786 bits per heavy atom. The fourth-order valence-corrected chi connectivity index (χ4v) is 3.18. The fourth-order valence-electron chi connectivity index (χ4n) is 3.18. The zero-order valence-electron chi connectivity index (χ0n) is 8.72. The first kappa shape index (κ1) is 10.4. The second kappa shape index (κ2) is 4.59. The van der Waals surface area contributed by atoms with E-state index < -0.39 is 12.3 Å².